The first kappa shape index (κ1) is 22.3. The summed E-state index contributed by atoms with van der Waals surface area (Å²) in [4.78, 5) is 26.2. The summed E-state index contributed by atoms with van der Waals surface area (Å²) in [7, 11) is 4.10. The fraction of sp³-hybridized carbons (Fsp3) is 0.240. The van der Waals surface area contributed by atoms with Gasteiger partial charge < -0.3 is 25.3 Å². The molecule has 0 saturated carbocycles. The summed E-state index contributed by atoms with van der Waals surface area (Å²) in [6.45, 7) is 5.09. The number of nitrogens with one attached hydrogen (secondary N) is 3. The average molecular weight is 445 g/mol. The van der Waals surface area contributed by atoms with E-state index in [2.05, 4.69) is 51.2 Å². The van der Waals surface area contributed by atoms with E-state index in [1.165, 1.54) is 12.4 Å². The van der Waals surface area contributed by atoms with E-state index in [0.717, 1.165) is 46.9 Å². The van der Waals surface area contributed by atoms with Gasteiger partial charge in [0.2, 0.25) is 5.91 Å². The molecule has 170 valence electrons. The van der Waals surface area contributed by atoms with Gasteiger partial charge in [-0.3, -0.25) is 4.79 Å². The Kier molecular flexibility index (Phi) is 6.85. The lowest BCUT2D eigenvalue weighted by atomic mass is 10.1. The molecule has 0 spiro atoms. The maximum absolute atomic E-state index is 12.1. The molecular weight excluding hydrogens is 416 g/mol. The van der Waals surface area contributed by atoms with Gasteiger partial charge in [-0.25, -0.2) is 9.97 Å². The Morgan fingerprint density at radius 2 is 2.06 bits per heavy atom. The first-order chi connectivity index (χ1) is 16.0. The first-order valence-electron chi connectivity index (χ1n) is 10.9. The van der Waals surface area contributed by atoms with E-state index in [9.17, 15) is 4.79 Å². The normalized spacial score (nSPS) is 11.1. The van der Waals surface area contributed by atoms with E-state index >= 15 is 0 Å². The zero-order chi connectivity index (χ0) is 23.2. The number of carbonyl (C=O) groups is 1. The highest BCUT2D eigenvalue weighted by molar-refractivity contribution is 6.03. The molecule has 4 aromatic rings. The summed E-state index contributed by atoms with van der Waals surface area (Å²) in [6, 6.07) is 11.7. The van der Waals surface area contributed by atoms with E-state index < -0.39 is 0 Å². The summed E-state index contributed by atoms with van der Waals surface area (Å²) in [5, 5.41) is 8.08. The van der Waals surface area contributed by atoms with Crippen LogP contribution in [-0.4, -0.2) is 53.0 Å². The van der Waals surface area contributed by atoms with Crippen LogP contribution in [0.1, 0.15) is 12.8 Å². The van der Waals surface area contributed by atoms with Gasteiger partial charge in [-0.1, -0.05) is 6.58 Å². The van der Waals surface area contributed by atoms with Crippen molar-refractivity contribution >= 4 is 44.9 Å². The fourth-order valence-corrected chi connectivity index (χ4v) is 3.56. The topological polar surface area (TPSA) is 95.2 Å². The third-order valence-corrected chi connectivity index (χ3v) is 5.25. The Balaban J connectivity index is 1.62. The van der Waals surface area contributed by atoms with Crippen LogP contribution in [-0.2, 0) is 4.79 Å². The minimum absolute atomic E-state index is 0.309. The van der Waals surface area contributed by atoms with Crippen molar-refractivity contribution in [3.63, 3.8) is 0 Å². The summed E-state index contributed by atoms with van der Waals surface area (Å²) in [5.74, 6) is 0.901. The second-order valence-electron chi connectivity index (χ2n) is 8.04. The molecule has 3 N–H and O–H groups in total. The quantitative estimate of drug-likeness (QED) is 0.242. The number of carbonyl (C=O) groups excluding carboxylic acids is 1. The average Bonchev–Trinajstić information content (AvgIpc) is 3.27. The van der Waals surface area contributed by atoms with Crippen molar-refractivity contribution in [2.75, 3.05) is 37.9 Å². The summed E-state index contributed by atoms with van der Waals surface area (Å²) >= 11 is 0. The van der Waals surface area contributed by atoms with E-state index in [0.29, 0.717) is 23.9 Å². The molecule has 8 nitrogen and oxygen atoms in total. The number of aromatic nitrogens is 3. The van der Waals surface area contributed by atoms with Gasteiger partial charge in [0, 0.05) is 34.2 Å². The lowest BCUT2D eigenvalue weighted by molar-refractivity contribution is -0.111. The van der Waals surface area contributed by atoms with Crippen molar-refractivity contribution in [1.29, 1.82) is 0 Å². The number of rotatable bonds is 10. The van der Waals surface area contributed by atoms with Crippen molar-refractivity contribution in [2.45, 2.75) is 12.8 Å². The van der Waals surface area contributed by atoms with Crippen LogP contribution in [0, 0.1) is 0 Å². The number of nitrogens with zero attached hydrogens (tertiary/aromatic N) is 3. The molecule has 2 aromatic carbocycles. The van der Waals surface area contributed by atoms with E-state index in [-0.39, 0.29) is 5.91 Å². The molecule has 0 atom stereocenters. The zero-order valence-corrected chi connectivity index (χ0v) is 18.9. The highest BCUT2D eigenvalue weighted by Crippen LogP contribution is 2.34. The standard InChI is InChI=1S/C25H28N6O2/c1-4-24(32)30-22-14-19-21(15-23(22)33-12-6-5-11-31(2)3)27-16-28-25(19)29-18-7-8-20-17(13-18)9-10-26-20/h4,7-10,13-16,26H,1,5-6,11-12H2,2-3H3,(H,30,32)(H,27,28,29). The van der Waals surface area contributed by atoms with Crippen molar-refractivity contribution < 1.29 is 9.53 Å². The summed E-state index contributed by atoms with van der Waals surface area (Å²) in [5.41, 5.74) is 3.24. The molecule has 2 heterocycles. The molecule has 0 aliphatic rings. The van der Waals surface area contributed by atoms with Crippen LogP contribution in [0.15, 0.2) is 61.6 Å². The molecule has 2 aromatic heterocycles. The molecule has 0 bridgehead atoms. The van der Waals surface area contributed by atoms with Gasteiger partial charge in [-0.2, -0.15) is 0 Å². The van der Waals surface area contributed by atoms with E-state index in [4.69, 9.17) is 4.74 Å². The zero-order valence-electron chi connectivity index (χ0n) is 18.9. The molecule has 8 heteroatoms. The van der Waals surface area contributed by atoms with Crippen molar-refractivity contribution in [3.8, 4) is 5.75 Å². The van der Waals surface area contributed by atoms with Crippen LogP contribution in [0.2, 0.25) is 0 Å². The van der Waals surface area contributed by atoms with Crippen LogP contribution in [0.25, 0.3) is 21.8 Å². The third kappa shape index (κ3) is 5.48. The predicted octanol–water partition coefficient (Wildman–Crippen LogP) is 4.70. The number of fused-ring (bicyclic) bond motifs is 2. The Bertz CT molecular complexity index is 1280. The number of ether oxygens (including phenoxy) is 1. The Morgan fingerprint density at radius 1 is 1.18 bits per heavy atom. The monoisotopic (exact) mass is 444 g/mol. The summed E-state index contributed by atoms with van der Waals surface area (Å²) < 4.78 is 6.02. The highest BCUT2D eigenvalue weighted by Gasteiger charge is 2.13. The number of hydrogen-bond acceptors (Lipinski definition) is 6. The predicted molar refractivity (Wildman–Crippen MR) is 133 cm³/mol. The first-order valence-corrected chi connectivity index (χ1v) is 10.9. The summed E-state index contributed by atoms with van der Waals surface area (Å²) in [6.07, 6.45) is 6.59. The molecule has 1 amide bonds. The second-order valence-corrected chi connectivity index (χ2v) is 8.04. The van der Waals surface area contributed by atoms with Crippen LogP contribution in [0.4, 0.5) is 17.2 Å². The van der Waals surface area contributed by atoms with Crippen molar-refractivity contribution in [3.05, 3.63) is 61.6 Å². The minimum atomic E-state index is -0.309. The molecule has 4 rings (SSSR count). The maximum Gasteiger partial charge on any atom is 0.247 e. The molecule has 0 fully saturated rings. The fourth-order valence-electron chi connectivity index (χ4n) is 3.56. The number of aromatic amines is 1. The molecule has 0 saturated heterocycles. The SMILES string of the molecule is C=CC(=O)Nc1cc2c(Nc3ccc4[nH]ccc4c3)ncnc2cc1OCCCCN(C)C. The Labute approximate surface area is 192 Å². The van der Waals surface area contributed by atoms with Gasteiger partial charge in [0.15, 0.2) is 0 Å². The number of hydrogen-bond donors (Lipinski definition) is 3. The van der Waals surface area contributed by atoms with Gasteiger partial charge in [-0.05, 0) is 69.9 Å². The van der Waals surface area contributed by atoms with Crippen molar-refractivity contribution in [1.82, 2.24) is 19.9 Å². The maximum atomic E-state index is 12.1. The Hall–Kier alpha value is -3.91. The third-order valence-electron chi connectivity index (χ3n) is 5.25. The van der Waals surface area contributed by atoms with Crippen LogP contribution < -0.4 is 15.4 Å². The van der Waals surface area contributed by atoms with Crippen LogP contribution in [0.3, 0.4) is 0 Å². The van der Waals surface area contributed by atoms with Gasteiger partial charge in [0.05, 0.1) is 17.8 Å². The number of benzene rings is 2. The molecule has 0 radical (unpaired) electrons. The number of amides is 1. The Morgan fingerprint density at radius 3 is 2.88 bits per heavy atom. The van der Waals surface area contributed by atoms with E-state index in [1.807, 2.05) is 42.6 Å². The molecule has 0 aliphatic heterocycles. The molecule has 0 unspecified atom stereocenters. The molecule has 0 aliphatic carbocycles. The number of H-pyrrole nitrogens is 1. The largest absolute Gasteiger partial charge is 0.491 e. The number of unbranched alkanes of at least 4 members (excludes halogenated alkanes) is 1. The van der Waals surface area contributed by atoms with Gasteiger partial charge in [0.1, 0.15) is 17.9 Å². The van der Waals surface area contributed by atoms with Crippen LogP contribution in [0.5, 0.6) is 5.75 Å². The van der Waals surface area contributed by atoms with E-state index in [1.54, 1.807) is 0 Å². The van der Waals surface area contributed by atoms with Gasteiger partial charge >= 0.3 is 0 Å². The van der Waals surface area contributed by atoms with Gasteiger partial charge in [0.25, 0.3) is 0 Å². The van der Waals surface area contributed by atoms with Crippen molar-refractivity contribution in [2.24, 2.45) is 0 Å². The van der Waals surface area contributed by atoms with Crippen LogP contribution >= 0.6 is 0 Å². The van der Waals surface area contributed by atoms with Gasteiger partial charge in [-0.15, -0.1) is 0 Å². The lowest BCUT2D eigenvalue weighted by Gasteiger charge is -2.15. The lowest BCUT2D eigenvalue weighted by Crippen LogP contribution is -2.14. The molecular formula is C25H28N6O2. The number of anilines is 3. The highest BCUT2D eigenvalue weighted by atomic mass is 16.5. The minimum Gasteiger partial charge on any atom is -0.491 e. The second kappa shape index (κ2) is 10.1. The molecule has 33 heavy (non-hydrogen) atoms. The smallest absolute Gasteiger partial charge is 0.247 e.